The average molecular weight is 455 g/mol. The fourth-order valence-corrected chi connectivity index (χ4v) is 3.62. The van der Waals surface area contributed by atoms with Crippen LogP contribution in [0.25, 0.3) is 10.9 Å². The van der Waals surface area contributed by atoms with Crippen LogP contribution in [0.1, 0.15) is 26.7 Å². The van der Waals surface area contributed by atoms with Crippen molar-refractivity contribution in [3.8, 4) is 0 Å². The molecule has 0 aliphatic carbocycles. The van der Waals surface area contributed by atoms with Gasteiger partial charge in [0.2, 0.25) is 5.91 Å². The van der Waals surface area contributed by atoms with Crippen molar-refractivity contribution in [1.29, 1.82) is 0 Å². The summed E-state index contributed by atoms with van der Waals surface area (Å²) in [5, 5.41) is 6.24. The zero-order valence-corrected chi connectivity index (χ0v) is 18.9. The largest absolute Gasteiger partial charge is 0.385 e. The SMILES string of the molecule is COCCCNC(=O)NC(=O)CSc1nc2cc(Cl)ccc2c(=O)n1CCC(C)C. The van der Waals surface area contributed by atoms with E-state index < -0.39 is 11.9 Å². The van der Waals surface area contributed by atoms with Gasteiger partial charge in [0.1, 0.15) is 0 Å². The summed E-state index contributed by atoms with van der Waals surface area (Å²) in [6, 6.07) is 4.38. The molecule has 0 saturated carbocycles. The predicted molar refractivity (Wildman–Crippen MR) is 119 cm³/mol. The molecule has 10 heteroatoms. The molecule has 0 aliphatic rings. The number of hydrogen-bond donors (Lipinski definition) is 2. The number of benzene rings is 1. The minimum Gasteiger partial charge on any atom is -0.385 e. The van der Waals surface area contributed by atoms with Gasteiger partial charge in [-0.1, -0.05) is 37.2 Å². The number of nitrogens with one attached hydrogen (secondary N) is 2. The number of carbonyl (C=O) groups excluding carboxylic acids is 2. The Morgan fingerprint density at radius 2 is 2.10 bits per heavy atom. The molecule has 1 aromatic heterocycles. The number of carbonyl (C=O) groups is 2. The summed E-state index contributed by atoms with van der Waals surface area (Å²) in [5.74, 6) is -0.119. The van der Waals surface area contributed by atoms with Crippen molar-refractivity contribution >= 4 is 46.2 Å². The van der Waals surface area contributed by atoms with Crippen LogP contribution in [-0.4, -0.2) is 47.5 Å². The van der Waals surface area contributed by atoms with Crippen LogP contribution in [0.15, 0.2) is 28.2 Å². The highest BCUT2D eigenvalue weighted by molar-refractivity contribution is 7.99. The Bertz CT molecular complexity index is 948. The van der Waals surface area contributed by atoms with Gasteiger partial charge >= 0.3 is 6.03 Å². The number of fused-ring (bicyclic) bond motifs is 1. The van der Waals surface area contributed by atoms with E-state index in [0.29, 0.717) is 53.1 Å². The molecule has 1 heterocycles. The Labute approximate surface area is 184 Å². The monoisotopic (exact) mass is 454 g/mol. The molecular weight excluding hydrogens is 428 g/mol. The Hall–Kier alpha value is -2.10. The Morgan fingerprint density at radius 1 is 1.33 bits per heavy atom. The first-order valence-corrected chi connectivity index (χ1v) is 11.1. The van der Waals surface area contributed by atoms with Gasteiger partial charge in [0.15, 0.2) is 5.16 Å². The molecule has 0 spiro atoms. The van der Waals surface area contributed by atoms with Gasteiger partial charge in [-0.05, 0) is 37.0 Å². The highest BCUT2D eigenvalue weighted by Gasteiger charge is 2.15. The third-order valence-corrected chi connectivity index (χ3v) is 5.42. The van der Waals surface area contributed by atoms with Gasteiger partial charge in [-0.25, -0.2) is 9.78 Å². The van der Waals surface area contributed by atoms with E-state index in [1.165, 1.54) is 0 Å². The number of rotatable bonds is 10. The van der Waals surface area contributed by atoms with Crippen LogP contribution in [0.5, 0.6) is 0 Å². The van der Waals surface area contributed by atoms with E-state index in [-0.39, 0.29) is 11.3 Å². The van der Waals surface area contributed by atoms with E-state index in [9.17, 15) is 14.4 Å². The minimum absolute atomic E-state index is 0.0499. The molecule has 2 rings (SSSR count). The Morgan fingerprint density at radius 3 is 2.80 bits per heavy atom. The maximum Gasteiger partial charge on any atom is 0.321 e. The second kappa shape index (κ2) is 11.9. The first kappa shape index (κ1) is 24.2. The van der Waals surface area contributed by atoms with Gasteiger partial charge in [-0.15, -0.1) is 0 Å². The van der Waals surface area contributed by atoms with Crippen molar-refractivity contribution in [2.24, 2.45) is 5.92 Å². The third-order valence-electron chi connectivity index (χ3n) is 4.21. The molecule has 3 amide bonds. The quantitative estimate of drug-likeness (QED) is 0.325. The number of urea groups is 1. The summed E-state index contributed by atoms with van der Waals surface area (Å²) in [6.45, 7) is 5.57. The number of thioether (sulfide) groups is 1. The van der Waals surface area contributed by atoms with Gasteiger partial charge in [0.25, 0.3) is 5.56 Å². The molecule has 1 aromatic carbocycles. The lowest BCUT2D eigenvalue weighted by molar-refractivity contribution is -0.117. The van der Waals surface area contributed by atoms with Crippen LogP contribution in [0, 0.1) is 5.92 Å². The smallest absolute Gasteiger partial charge is 0.321 e. The standard InChI is InChI=1S/C20H27ClN4O4S/c1-13(2)7-9-25-18(27)15-6-5-14(21)11-16(15)23-20(25)30-12-17(26)24-19(28)22-8-4-10-29-3/h5-6,11,13H,4,7-10,12H2,1-3H3,(H2,22,24,26,28). The minimum atomic E-state index is -0.563. The lowest BCUT2D eigenvalue weighted by Crippen LogP contribution is -2.41. The molecule has 164 valence electrons. The van der Waals surface area contributed by atoms with Crippen LogP contribution in [0.3, 0.4) is 0 Å². The van der Waals surface area contributed by atoms with Gasteiger partial charge in [0.05, 0.1) is 16.7 Å². The summed E-state index contributed by atoms with van der Waals surface area (Å²) in [5.41, 5.74) is 0.309. The van der Waals surface area contributed by atoms with Gasteiger partial charge in [-0.2, -0.15) is 0 Å². The van der Waals surface area contributed by atoms with Crippen LogP contribution in [0.2, 0.25) is 5.02 Å². The highest BCUT2D eigenvalue weighted by Crippen LogP contribution is 2.21. The number of imide groups is 1. The zero-order valence-electron chi connectivity index (χ0n) is 17.4. The van der Waals surface area contributed by atoms with Crippen molar-refractivity contribution in [3.05, 3.63) is 33.6 Å². The Balaban J connectivity index is 2.11. The second-order valence-electron chi connectivity index (χ2n) is 7.13. The highest BCUT2D eigenvalue weighted by atomic mass is 35.5. The molecule has 8 nitrogen and oxygen atoms in total. The summed E-state index contributed by atoms with van der Waals surface area (Å²) >= 11 is 7.15. The maximum absolute atomic E-state index is 13.0. The summed E-state index contributed by atoms with van der Waals surface area (Å²) in [7, 11) is 1.58. The number of methoxy groups -OCH3 is 1. The van der Waals surface area contributed by atoms with Crippen molar-refractivity contribution in [1.82, 2.24) is 20.2 Å². The van der Waals surface area contributed by atoms with Gasteiger partial charge < -0.3 is 10.1 Å². The lowest BCUT2D eigenvalue weighted by Gasteiger charge is -2.14. The van der Waals surface area contributed by atoms with E-state index in [4.69, 9.17) is 16.3 Å². The molecule has 0 saturated heterocycles. The first-order chi connectivity index (χ1) is 14.3. The molecule has 0 aliphatic heterocycles. The molecule has 0 bridgehead atoms. The van der Waals surface area contributed by atoms with Crippen LogP contribution < -0.4 is 16.2 Å². The number of halogens is 1. The van der Waals surface area contributed by atoms with Crippen LogP contribution >= 0.6 is 23.4 Å². The summed E-state index contributed by atoms with van der Waals surface area (Å²) in [4.78, 5) is 41.4. The fraction of sp³-hybridized carbons (Fsp3) is 0.500. The maximum atomic E-state index is 13.0. The van der Waals surface area contributed by atoms with Crippen molar-refractivity contribution in [3.63, 3.8) is 0 Å². The van der Waals surface area contributed by atoms with E-state index >= 15 is 0 Å². The van der Waals surface area contributed by atoms with E-state index in [1.54, 1.807) is 29.9 Å². The molecule has 30 heavy (non-hydrogen) atoms. The number of nitrogens with zero attached hydrogens (tertiary/aromatic N) is 2. The zero-order chi connectivity index (χ0) is 22.1. The fourth-order valence-electron chi connectivity index (χ4n) is 2.62. The van der Waals surface area contributed by atoms with Gasteiger partial charge in [0, 0.05) is 31.8 Å². The molecule has 0 unspecified atom stereocenters. The van der Waals surface area contributed by atoms with Crippen LogP contribution in [0.4, 0.5) is 4.79 Å². The number of amides is 3. The molecular formula is C20H27ClN4O4S. The van der Waals surface area contributed by atoms with Crippen molar-refractivity contribution in [2.75, 3.05) is 26.0 Å². The number of hydrogen-bond acceptors (Lipinski definition) is 6. The average Bonchev–Trinajstić information content (AvgIpc) is 2.68. The molecule has 0 radical (unpaired) electrons. The molecule has 2 aromatic rings. The molecule has 0 atom stereocenters. The topological polar surface area (TPSA) is 102 Å². The predicted octanol–water partition coefficient (Wildman–Crippen LogP) is 3.05. The van der Waals surface area contributed by atoms with E-state index in [0.717, 1.165) is 18.2 Å². The first-order valence-electron chi connectivity index (χ1n) is 9.71. The van der Waals surface area contributed by atoms with Crippen molar-refractivity contribution in [2.45, 2.75) is 38.4 Å². The number of ether oxygens (including phenoxy) is 1. The summed E-state index contributed by atoms with van der Waals surface area (Å²) < 4.78 is 6.48. The van der Waals surface area contributed by atoms with Crippen molar-refractivity contribution < 1.29 is 14.3 Å². The Kier molecular flexibility index (Phi) is 9.61. The van der Waals surface area contributed by atoms with E-state index in [1.807, 2.05) is 0 Å². The third kappa shape index (κ3) is 7.30. The van der Waals surface area contributed by atoms with Gasteiger partial charge in [-0.3, -0.25) is 19.5 Å². The molecule has 2 N–H and O–H groups in total. The van der Waals surface area contributed by atoms with E-state index in [2.05, 4.69) is 29.5 Å². The second-order valence-corrected chi connectivity index (χ2v) is 8.51. The summed E-state index contributed by atoms with van der Waals surface area (Å²) in [6.07, 6.45) is 1.45. The molecule has 0 fully saturated rings. The number of aromatic nitrogens is 2. The lowest BCUT2D eigenvalue weighted by atomic mass is 10.1. The van der Waals surface area contributed by atoms with Crippen LogP contribution in [-0.2, 0) is 16.1 Å². The normalized spacial score (nSPS) is 11.1.